The molecule has 0 aliphatic rings. The monoisotopic (exact) mass is 273 g/mol. The summed E-state index contributed by atoms with van der Waals surface area (Å²) in [6, 6.07) is 1.32. The van der Waals surface area contributed by atoms with Crippen LogP contribution in [0.15, 0.2) is 17.2 Å². The number of halogens is 2. The van der Waals surface area contributed by atoms with Crippen molar-refractivity contribution in [3.63, 3.8) is 0 Å². The van der Waals surface area contributed by atoms with Crippen molar-refractivity contribution in [3.8, 4) is 5.75 Å². The molecule has 7 heteroatoms. The van der Waals surface area contributed by atoms with Crippen LogP contribution in [0.25, 0.3) is 10.9 Å². The summed E-state index contributed by atoms with van der Waals surface area (Å²) < 4.78 is 1.21. The molecule has 0 bridgehead atoms. The van der Waals surface area contributed by atoms with Gasteiger partial charge in [-0.1, -0.05) is 23.2 Å². The van der Waals surface area contributed by atoms with E-state index in [9.17, 15) is 9.90 Å². The number of hydrogen-bond donors (Lipinski definition) is 2. The molecule has 0 atom stereocenters. The molecule has 90 valence electrons. The first kappa shape index (κ1) is 12.0. The Morgan fingerprint density at radius 2 is 2.18 bits per heavy atom. The molecule has 17 heavy (non-hydrogen) atoms. The quantitative estimate of drug-likeness (QED) is 0.878. The smallest absolute Gasteiger partial charge is 0.281 e. The van der Waals surface area contributed by atoms with Gasteiger partial charge in [0.1, 0.15) is 11.8 Å². The van der Waals surface area contributed by atoms with Gasteiger partial charge in [0, 0.05) is 6.54 Å². The zero-order valence-electron chi connectivity index (χ0n) is 8.87. The first-order valence-corrected chi connectivity index (χ1v) is 5.64. The molecule has 0 unspecified atom stereocenters. The summed E-state index contributed by atoms with van der Waals surface area (Å²) in [6.07, 6.45) is 1.28. The second kappa shape index (κ2) is 4.43. The zero-order chi connectivity index (χ0) is 12.6. The Balaban J connectivity index is 2.87. The number of aromatic hydroxyl groups is 1. The third-order valence-electron chi connectivity index (χ3n) is 2.24. The van der Waals surface area contributed by atoms with E-state index < -0.39 is 0 Å². The van der Waals surface area contributed by atoms with Crippen LogP contribution in [0.1, 0.15) is 6.92 Å². The van der Waals surface area contributed by atoms with Crippen molar-refractivity contribution in [1.29, 1.82) is 0 Å². The SMILES string of the molecule is CCNn1cnc2c(O)c(Cl)cc(Cl)c2c1=O. The van der Waals surface area contributed by atoms with Crippen molar-refractivity contribution < 1.29 is 5.11 Å². The minimum absolute atomic E-state index is 0.0654. The van der Waals surface area contributed by atoms with Gasteiger partial charge in [0.25, 0.3) is 5.56 Å². The molecule has 0 saturated heterocycles. The summed E-state index contributed by atoms with van der Waals surface area (Å²) in [7, 11) is 0. The lowest BCUT2D eigenvalue weighted by molar-refractivity contribution is 0.480. The Hall–Kier alpha value is -1.46. The lowest BCUT2D eigenvalue weighted by Gasteiger charge is -2.09. The molecule has 1 aromatic carbocycles. The van der Waals surface area contributed by atoms with Crippen LogP contribution in [-0.4, -0.2) is 21.3 Å². The Labute approximate surface area is 107 Å². The van der Waals surface area contributed by atoms with E-state index in [1.54, 1.807) is 0 Å². The molecule has 2 rings (SSSR count). The maximum Gasteiger partial charge on any atom is 0.281 e. The molecular formula is C10H9Cl2N3O2. The molecule has 1 aromatic heterocycles. The van der Waals surface area contributed by atoms with Crippen LogP contribution >= 0.6 is 23.2 Å². The number of rotatable bonds is 2. The predicted octanol–water partition coefficient (Wildman–Crippen LogP) is 1.97. The van der Waals surface area contributed by atoms with Crippen molar-refractivity contribution in [2.75, 3.05) is 12.0 Å². The van der Waals surface area contributed by atoms with Gasteiger partial charge in [-0.25, -0.2) is 9.66 Å². The number of nitrogens with zero attached hydrogens (tertiary/aromatic N) is 2. The molecule has 2 N–H and O–H groups in total. The molecule has 5 nitrogen and oxygen atoms in total. The molecular weight excluding hydrogens is 265 g/mol. The largest absolute Gasteiger partial charge is 0.504 e. The number of benzene rings is 1. The lowest BCUT2D eigenvalue weighted by Crippen LogP contribution is -2.29. The summed E-state index contributed by atoms with van der Waals surface area (Å²) >= 11 is 11.7. The number of aromatic nitrogens is 2. The highest BCUT2D eigenvalue weighted by Crippen LogP contribution is 2.33. The third-order valence-corrected chi connectivity index (χ3v) is 2.83. The van der Waals surface area contributed by atoms with Gasteiger partial charge in [0.05, 0.1) is 15.4 Å². The van der Waals surface area contributed by atoms with E-state index in [0.29, 0.717) is 6.54 Å². The fraction of sp³-hybridized carbons (Fsp3) is 0.200. The fourth-order valence-electron chi connectivity index (χ4n) is 1.50. The van der Waals surface area contributed by atoms with Gasteiger partial charge in [0.2, 0.25) is 0 Å². The van der Waals surface area contributed by atoms with E-state index in [0.717, 1.165) is 0 Å². The van der Waals surface area contributed by atoms with Crippen molar-refractivity contribution in [3.05, 3.63) is 32.8 Å². The second-order valence-corrected chi connectivity index (χ2v) is 4.16. The van der Waals surface area contributed by atoms with Crippen LogP contribution in [0.3, 0.4) is 0 Å². The van der Waals surface area contributed by atoms with E-state index >= 15 is 0 Å². The highest BCUT2D eigenvalue weighted by Gasteiger charge is 2.14. The van der Waals surface area contributed by atoms with Gasteiger partial charge in [-0.3, -0.25) is 4.79 Å². The van der Waals surface area contributed by atoms with Crippen LogP contribution in [0.2, 0.25) is 10.0 Å². The van der Waals surface area contributed by atoms with E-state index in [4.69, 9.17) is 23.2 Å². The molecule has 0 radical (unpaired) electrons. The van der Waals surface area contributed by atoms with E-state index in [1.807, 2.05) is 6.92 Å². The van der Waals surface area contributed by atoms with Crippen LogP contribution in [0, 0.1) is 0 Å². The van der Waals surface area contributed by atoms with Gasteiger partial charge in [-0.2, -0.15) is 0 Å². The Kier molecular flexibility index (Phi) is 3.13. The van der Waals surface area contributed by atoms with E-state index in [2.05, 4.69) is 10.4 Å². The van der Waals surface area contributed by atoms with E-state index in [1.165, 1.54) is 17.1 Å². The number of phenolic OH excluding ortho intramolecular Hbond substituents is 1. The maximum absolute atomic E-state index is 12.0. The fourth-order valence-corrected chi connectivity index (χ4v) is 2.03. The Morgan fingerprint density at radius 1 is 1.47 bits per heavy atom. The van der Waals surface area contributed by atoms with Gasteiger partial charge in [0.15, 0.2) is 5.75 Å². The standard InChI is InChI=1S/C10H9Cl2N3O2/c1-2-14-15-4-13-8-7(10(15)17)5(11)3-6(12)9(8)16/h3-4,14,16H,2H2,1H3. The minimum atomic E-state index is -0.381. The van der Waals surface area contributed by atoms with Crippen LogP contribution in [-0.2, 0) is 0 Å². The Morgan fingerprint density at radius 3 is 2.82 bits per heavy atom. The first-order chi connectivity index (χ1) is 8.06. The third kappa shape index (κ3) is 1.92. The van der Waals surface area contributed by atoms with Gasteiger partial charge in [-0.15, -0.1) is 0 Å². The average Bonchev–Trinajstić information content (AvgIpc) is 2.29. The molecule has 0 fully saturated rings. The average molecular weight is 274 g/mol. The van der Waals surface area contributed by atoms with E-state index in [-0.39, 0.29) is 32.3 Å². The predicted molar refractivity (Wildman–Crippen MR) is 67.6 cm³/mol. The summed E-state index contributed by atoms with van der Waals surface area (Å²) in [5.74, 6) is -0.244. The molecule has 0 aliphatic carbocycles. The normalized spacial score (nSPS) is 10.8. The zero-order valence-corrected chi connectivity index (χ0v) is 10.4. The van der Waals surface area contributed by atoms with Crippen molar-refractivity contribution in [2.24, 2.45) is 0 Å². The van der Waals surface area contributed by atoms with Crippen molar-refractivity contribution in [2.45, 2.75) is 6.92 Å². The second-order valence-electron chi connectivity index (χ2n) is 3.34. The number of hydrogen-bond acceptors (Lipinski definition) is 4. The van der Waals surface area contributed by atoms with Gasteiger partial charge >= 0.3 is 0 Å². The summed E-state index contributed by atoms with van der Waals surface area (Å²) in [6.45, 7) is 2.40. The van der Waals surface area contributed by atoms with Gasteiger partial charge < -0.3 is 10.5 Å². The highest BCUT2D eigenvalue weighted by molar-refractivity contribution is 6.39. The number of phenols is 1. The molecule has 0 aliphatic heterocycles. The van der Waals surface area contributed by atoms with Crippen LogP contribution < -0.4 is 11.0 Å². The van der Waals surface area contributed by atoms with Crippen LogP contribution in [0.4, 0.5) is 0 Å². The molecule has 0 amide bonds. The first-order valence-electron chi connectivity index (χ1n) is 4.88. The topological polar surface area (TPSA) is 67.2 Å². The van der Waals surface area contributed by atoms with Crippen molar-refractivity contribution in [1.82, 2.24) is 9.66 Å². The van der Waals surface area contributed by atoms with Crippen molar-refractivity contribution >= 4 is 34.1 Å². The minimum Gasteiger partial charge on any atom is -0.504 e. The summed E-state index contributed by atoms with van der Waals surface area (Å²) in [5, 5.41) is 10.1. The molecule has 2 aromatic rings. The molecule has 0 saturated carbocycles. The Bertz CT molecular complexity index is 639. The molecule has 1 heterocycles. The highest BCUT2D eigenvalue weighted by atomic mass is 35.5. The number of nitrogens with one attached hydrogen (secondary N) is 1. The summed E-state index contributed by atoms with van der Waals surface area (Å²) in [5.41, 5.74) is 2.52. The van der Waals surface area contributed by atoms with Crippen LogP contribution in [0.5, 0.6) is 5.75 Å². The summed E-state index contributed by atoms with van der Waals surface area (Å²) in [4.78, 5) is 16.0. The lowest BCUT2D eigenvalue weighted by atomic mass is 10.2. The number of fused-ring (bicyclic) bond motifs is 1. The van der Waals surface area contributed by atoms with Gasteiger partial charge in [-0.05, 0) is 13.0 Å². The molecule has 0 spiro atoms. The maximum atomic E-state index is 12.0.